The van der Waals surface area contributed by atoms with E-state index < -0.39 is 5.69 Å². The molecular weight excluding hydrogens is 284 g/mol. The van der Waals surface area contributed by atoms with Gasteiger partial charge < -0.3 is 9.88 Å². The van der Waals surface area contributed by atoms with Gasteiger partial charge in [-0.3, -0.25) is 18.9 Å². The molecule has 3 aromatic heterocycles. The molecule has 0 saturated heterocycles. The summed E-state index contributed by atoms with van der Waals surface area (Å²) in [7, 11) is 4.79. The molecule has 0 atom stereocenters. The number of fused-ring (bicyclic) bond motifs is 1. The molecular formula is C14H16N6O2. The predicted molar refractivity (Wildman–Crippen MR) is 82.8 cm³/mol. The van der Waals surface area contributed by atoms with E-state index >= 15 is 0 Å². The number of imidazole rings is 1. The second-order valence-electron chi connectivity index (χ2n) is 5.05. The Morgan fingerprint density at radius 3 is 2.55 bits per heavy atom. The van der Waals surface area contributed by atoms with Crippen molar-refractivity contribution in [1.29, 1.82) is 0 Å². The Bertz CT molecular complexity index is 951. The largest absolute Gasteiger partial charge is 0.350 e. The first-order valence-electron chi connectivity index (χ1n) is 6.77. The summed E-state index contributed by atoms with van der Waals surface area (Å²) in [5.41, 5.74) is 0.842. The number of aromatic nitrogens is 5. The fourth-order valence-corrected chi connectivity index (χ4v) is 2.35. The molecule has 0 unspecified atom stereocenters. The molecule has 1 N–H and O–H groups in total. The fourth-order valence-electron chi connectivity index (χ4n) is 2.35. The van der Waals surface area contributed by atoms with Crippen LogP contribution in [0.5, 0.6) is 0 Å². The molecule has 0 aliphatic carbocycles. The van der Waals surface area contributed by atoms with Crippen LogP contribution >= 0.6 is 0 Å². The third-order valence-corrected chi connectivity index (χ3v) is 3.63. The molecule has 22 heavy (non-hydrogen) atoms. The maximum atomic E-state index is 12.3. The van der Waals surface area contributed by atoms with Crippen molar-refractivity contribution in [2.24, 2.45) is 21.1 Å². The number of pyridine rings is 1. The van der Waals surface area contributed by atoms with E-state index in [1.165, 1.54) is 11.6 Å². The molecule has 114 valence electrons. The maximum absolute atomic E-state index is 12.3. The van der Waals surface area contributed by atoms with E-state index in [0.717, 1.165) is 10.3 Å². The lowest BCUT2D eigenvalue weighted by molar-refractivity contribution is 0.705. The standard InChI is InChI=1S/C14H16N6O2/c1-18-10-11(19(2)14(22)20(3)12(10)21)17-13(18)16-8-9-6-4-5-7-15-9/h4-7H,8H2,1-3H3,(H,16,17). The Morgan fingerprint density at radius 2 is 1.86 bits per heavy atom. The summed E-state index contributed by atoms with van der Waals surface area (Å²) in [6.45, 7) is 0.478. The highest BCUT2D eigenvalue weighted by Crippen LogP contribution is 2.13. The molecule has 3 heterocycles. The van der Waals surface area contributed by atoms with Gasteiger partial charge in [0, 0.05) is 27.3 Å². The van der Waals surface area contributed by atoms with Gasteiger partial charge in [-0.15, -0.1) is 0 Å². The summed E-state index contributed by atoms with van der Waals surface area (Å²) in [5, 5.41) is 3.14. The third-order valence-electron chi connectivity index (χ3n) is 3.63. The number of hydrogen-bond acceptors (Lipinski definition) is 5. The van der Waals surface area contributed by atoms with Crippen LogP contribution in [0.15, 0.2) is 34.0 Å². The van der Waals surface area contributed by atoms with Crippen molar-refractivity contribution in [2.75, 3.05) is 5.32 Å². The molecule has 0 spiro atoms. The van der Waals surface area contributed by atoms with E-state index in [4.69, 9.17) is 0 Å². The second-order valence-corrected chi connectivity index (χ2v) is 5.05. The lowest BCUT2D eigenvalue weighted by atomic mass is 10.3. The quantitative estimate of drug-likeness (QED) is 0.734. The molecule has 0 saturated carbocycles. The van der Waals surface area contributed by atoms with Crippen molar-refractivity contribution < 1.29 is 0 Å². The summed E-state index contributed by atoms with van der Waals surface area (Å²) in [5.74, 6) is 0.513. The highest BCUT2D eigenvalue weighted by molar-refractivity contribution is 5.74. The minimum Gasteiger partial charge on any atom is -0.350 e. The van der Waals surface area contributed by atoms with Crippen LogP contribution in [-0.2, 0) is 27.7 Å². The summed E-state index contributed by atoms with van der Waals surface area (Å²) >= 11 is 0. The first-order valence-corrected chi connectivity index (χ1v) is 6.77. The molecule has 0 aliphatic heterocycles. The Labute approximate surface area is 125 Å². The topological polar surface area (TPSA) is 86.7 Å². The Kier molecular flexibility index (Phi) is 3.28. The van der Waals surface area contributed by atoms with Gasteiger partial charge in [0.2, 0.25) is 5.95 Å². The zero-order valence-electron chi connectivity index (χ0n) is 12.6. The van der Waals surface area contributed by atoms with E-state index in [0.29, 0.717) is 23.7 Å². The normalized spacial score (nSPS) is 11.0. The minimum absolute atomic E-state index is 0.360. The monoisotopic (exact) mass is 300 g/mol. The lowest BCUT2D eigenvalue weighted by Gasteiger charge is -2.05. The van der Waals surface area contributed by atoms with E-state index in [1.807, 2.05) is 18.2 Å². The van der Waals surface area contributed by atoms with Gasteiger partial charge >= 0.3 is 5.69 Å². The van der Waals surface area contributed by atoms with Crippen molar-refractivity contribution in [1.82, 2.24) is 23.7 Å². The van der Waals surface area contributed by atoms with Crippen LogP contribution in [0.1, 0.15) is 5.69 Å². The van der Waals surface area contributed by atoms with Gasteiger partial charge in [0.1, 0.15) is 0 Å². The number of nitrogens with one attached hydrogen (secondary N) is 1. The highest BCUT2D eigenvalue weighted by atomic mass is 16.2. The number of hydrogen-bond donors (Lipinski definition) is 1. The van der Waals surface area contributed by atoms with Crippen LogP contribution in [0, 0.1) is 0 Å². The summed E-state index contributed by atoms with van der Waals surface area (Å²) in [6, 6.07) is 5.64. The first kappa shape index (κ1) is 14.1. The molecule has 8 heteroatoms. The zero-order valence-corrected chi connectivity index (χ0v) is 12.6. The SMILES string of the molecule is Cn1c(=O)c2c(nc(NCc3ccccn3)n2C)n(C)c1=O. The van der Waals surface area contributed by atoms with Gasteiger partial charge in [-0.25, -0.2) is 4.79 Å². The summed E-state index contributed by atoms with van der Waals surface area (Å²) in [6.07, 6.45) is 1.71. The van der Waals surface area contributed by atoms with Gasteiger partial charge in [-0.2, -0.15) is 4.98 Å². The number of rotatable bonds is 3. The fraction of sp³-hybridized carbons (Fsp3) is 0.286. The van der Waals surface area contributed by atoms with Gasteiger partial charge in [-0.05, 0) is 12.1 Å². The minimum atomic E-state index is -0.396. The van der Waals surface area contributed by atoms with E-state index in [9.17, 15) is 9.59 Å². The summed E-state index contributed by atoms with van der Waals surface area (Å²) < 4.78 is 4.09. The predicted octanol–water partition coefficient (Wildman–Crippen LogP) is -0.0222. The first-order chi connectivity index (χ1) is 10.5. The molecule has 3 rings (SSSR count). The second kappa shape index (κ2) is 5.14. The third kappa shape index (κ3) is 2.09. The van der Waals surface area contributed by atoms with Gasteiger partial charge in [-0.1, -0.05) is 6.07 Å². The van der Waals surface area contributed by atoms with E-state index in [2.05, 4.69) is 15.3 Å². The van der Waals surface area contributed by atoms with Crippen LogP contribution in [0.25, 0.3) is 11.2 Å². The van der Waals surface area contributed by atoms with Gasteiger partial charge in [0.25, 0.3) is 5.56 Å². The Balaban J connectivity index is 2.07. The van der Waals surface area contributed by atoms with Crippen molar-refractivity contribution in [3.63, 3.8) is 0 Å². The number of aryl methyl sites for hydroxylation is 2. The molecule has 0 aliphatic rings. The summed E-state index contributed by atoms with van der Waals surface area (Å²) in [4.78, 5) is 32.8. The van der Waals surface area contributed by atoms with Crippen LogP contribution in [0.4, 0.5) is 5.95 Å². The van der Waals surface area contributed by atoms with Gasteiger partial charge in [0.15, 0.2) is 11.2 Å². The van der Waals surface area contributed by atoms with Crippen LogP contribution in [0.3, 0.4) is 0 Å². The van der Waals surface area contributed by atoms with E-state index in [-0.39, 0.29) is 5.56 Å². The molecule has 3 aromatic rings. The zero-order chi connectivity index (χ0) is 15.9. The Morgan fingerprint density at radius 1 is 1.09 bits per heavy atom. The van der Waals surface area contributed by atoms with Gasteiger partial charge in [0.05, 0.1) is 12.2 Å². The van der Waals surface area contributed by atoms with Crippen molar-refractivity contribution in [3.8, 4) is 0 Å². The average Bonchev–Trinajstić information content (AvgIpc) is 2.87. The molecule has 8 nitrogen and oxygen atoms in total. The number of anilines is 1. The lowest BCUT2D eigenvalue weighted by Crippen LogP contribution is -2.37. The Hall–Kier alpha value is -2.90. The smallest absolute Gasteiger partial charge is 0.332 e. The van der Waals surface area contributed by atoms with Crippen molar-refractivity contribution >= 4 is 17.1 Å². The maximum Gasteiger partial charge on any atom is 0.332 e. The van der Waals surface area contributed by atoms with E-state index in [1.54, 1.807) is 24.9 Å². The van der Waals surface area contributed by atoms with Crippen molar-refractivity contribution in [2.45, 2.75) is 6.54 Å². The molecule has 0 bridgehead atoms. The molecule has 0 radical (unpaired) electrons. The number of nitrogens with zero attached hydrogens (tertiary/aromatic N) is 5. The molecule has 0 fully saturated rings. The van der Waals surface area contributed by atoms with Crippen LogP contribution in [-0.4, -0.2) is 23.7 Å². The van der Waals surface area contributed by atoms with Crippen molar-refractivity contribution in [3.05, 3.63) is 50.9 Å². The molecule has 0 amide bonds. The van der Waals surface area contributed by atoms with Crippen LogP contribution in [0.2, 0.25) is 0 Å². The van der Waals surface area contributed by atoms with Crippen LogP contribution < -0.4 is 16.6 Å². The highest BCUT2D eigenvalue weighted by Gasteiger charge is 2.16. The average molecular weight is 300 g/mol. The molecule has 0 aromatic carbocycles.